The molecule has 0 bridgehead atoms. The van der Waals surface area contributed by atoms with E-state index in [4.69, 9.17) is 4.98 Å². The van der Waals surface area contributed by atoms with Gasteiger partial charge < -0.3 is 10.0 Å². The third-order valence-electron chi connectivity index (χ3n) is 7.41. The Morgan fingerprint density at radius 1 is 0.875 bits per heavy atom. The summed E-state index contributed by atoms with van der Waals surface area (Å²) in [5.74, 6) is 0.699. The molecule has 40 heavy (non-hydrogen) atoms. The standard InChI is InChI=1S/C33H30BrN5O/c1-38(2)16-15-33(40,29-14-8-12-24-11-6-7-13-28(24)29)30-20-27(34)19-25-18-26(17-23-9-4-3-5-10-23)32(37-31(25)30)39-22-35-21-36-39/h3-14,18-22,40H,15-17H2,1-2H3. The van der Waals surface area contributed by atoms with Gasteiger partial charge in [-0.3, -0.25) is 0 Å². The van der Waals surface area contributed by atoms with Crippen LogP contribution in [0.4, 0.5) is 0 Å². The first-order chi connectivity index (χ1) is 19.4. The monoisotopic (exact) mass is 591 g/mol. The van der Waals surface area contributed by atoms with Gasteiger partial charge in [0.25, 0.3) is 0 Å². The SMILES string of the molecule is CN(C)CCC(O)(c1cccc2ccccc12)c1cc(Br)cc2cc(Cc3ccccc3)c(-n3cncn3)nc12. The van der Waals surface area contributed by atoms with Crippen molar-refractivity contribution in [3.05, 3.63) is 130 Å². The molecular weight excluding hydrogens is 562 g/mol. The van der Waals surface area contributed by atoms with Crippen molar-refractivity contribution in [2.24, 2.45) is 0 Å². The summed E-state index contributed by atoms with van der Waals surface area (Å²) >= 11 is 3.75. The molecule has 0 radical (unpaired) electrons. The summed E-state index contributed by atoms with van der Waals surface area (Å²) in [5.41, 5.74) is 3.25. The number of hydrogen-bond acceptors (Lipinski definition) is 5. The highest BCUT2D eigenvalue weighted by molar-refractivity contribution is 9.10. The predicted octanol–water partition coefficient (Wildman–Crippen LogP) is 6.51. The van der Waals surface area contributed by atoms with E-state index in [1.807, 2.05) is 62.6 Å². The summed E-state index contributed by atoms with van der Waals surface area (Å²) < 4.78 is 2.60. The molecule has 2 heterocycles. The topological polar surface area (TPSA) is 67.1 Å². The molecule has 6 aromatic rings. The fraction of sp³-hybridized carbons (Fsp3) is 0.182. The highest BCUT2D eigenvalue weighted by Crippen LogP contribution is 2.42. The normalized spacial score (nSPS) is 13.2. The van der Waals surface area contributed by atoms with E-state index in [-0.39, 0.29) is 0 Å². The Labute approximate surface area is 242 Å². The second-order valence-corrected chi connectivity index (χ2v) is 11.4. The van der Waals surface area contributed by atoms with E-state index in [0.29, 0.717) is 25.2 Å². The Hall–Kier alpha value is -3.91. The van der Waals surface area contributed by atoms with Crippen LogP contribution in [0.15, 0.2) is 108 Å². The molecule has 2 aromatic heterocycles. The Balaban J connectivity index is 1.62. The van der Waals surface area contributed by atoms with Crippen molar-refractivity contribution in [1.82, 2.24) is 24.6 Å². The second-order valence-electron chi connectivity index (χ2n) is 10.4. The summed E-state index contributed by atoms with van der Waals surface area (Å²) in [7, 11) is 4.05. The lowest BCUT2D eigenvalue weighted by atomic mass is 9.80. The number of pyridine rings is 1. The van der Waals surface area contributed by atoms with Crippen LogP contribution >= 0.6 is 15.9 Å². The van der Waals surface area contributed by atoms with Gasteiger partial charge in [0.05, 0.1) is 5.52 Å². The number of halogens is 1. The predicted molar refractivity (Wildman–Crippen MR) is 164 cm³/mol. The minimum Gasteiger partial charge on any atom is -0.380 e. The fourth-order valence-corrected chi connectivity index (χ4v) is 5.92. The van der Waals surface area contributed by atoms with E-state index >= 15 is 0 Å². The first kappa shape index (κ1) is 26.3. The van der Waals surface area contributed by atoms with Crippen molar-refractivity contribution in [1.29, 1.82) is 0 Å². The van der Waals surface area contributed by atoms with Gasteiger partial charge in [0.1, 0.15) is 18.3 Å². The van der Waals surface area contributed by atoms with Crippen molar-refractivity contribution in [2.75, 3.05) is 20.6 Å². The van der Waals surface area contributed by atoms with Gasteiger partial charge in [-0.25, -0.2) is 14.6 Å². The summed E-state index contributed by atoms with van der Waals surface area (Å²) in [5, 5.41) is 20.3. The van der Waals surface area contributed by atoms with Crippen molar-refractivity contribution >= 4 is 37.6 Å². The van der Waals surface area contributed by atoms with Crippen molar-refractivity contribution < 1.29 is 5.11 Å². The molecule has 0 aliphatic carbocycles. The summed E-state index contributed by atoms with van der Waals surface area (Å²) in [6, 6.07) is 30.9. The average Bonchev–Trinajstić information content (AvgIpc) is 3.50. The molecule has 1 N–H and O–H groups in total. The van der Waals surface area contributed by atoms with Crippen LogP contribution in [-0.4, -0.2) is 50.4 Å². The summed E-state index contributed by atoms with van der Waals surface area (Å²) in [6.07, 6.45) is 4.37. The van der Waals surface area contributed by atoms with Gasteiger partial charge in [-0.15, -0.1) is 0 Å². The Kier molecular flexibility index (Phi) is 7.19. The third kappa shape index (κ3) is 5.04. The van der Waals surface area contributed by atoms with Crippen molar-refractivity contribution in [2.45, 2.75) is 18.4 Å². The Morgan fingerprint density at radius 3 is 2.42 bits per heavy atom. The van der Waals surface area contributed by atoms with E-state index in [2.05, 4.69) is 73.4 Å². The number of benzene rings is 4. The maximum Gasteiger partial charge on any atom is 0.159 e. The maximum absolute atomic E-state index is 12.8. The number of aromatic nitrogens is 4. The minimum atomic E-state index is -1.30. The molecule has 1 unspecified atom stereocenters. The molecule has 0 amide bonds. The lowest BCUT2D eigenvalue weighted by Gasteiger charge is -2.33. The molecule has 200 valence electrons. The van der Waals surface area contributed by atoms with Gasteiger partial charge in [0.2, 0.25) is 0 Å². The van der Waals surface area contributed by atoms with Gasteiger partial charge in [0, 0.05) is 34.0 Å². The van der Waals surface area contributed by atoms with Crippen LogP contribution in [0.3, 0.4) is 0 Å². The first-order valence-corrected chi connectivity index (χ1v) is 14.1. The van der Waals surface area contributed by atoms with Crippen LogP contribution in [0.5, 0.6) is 0 Å². The Bertz CT molecular complexity index is 1780. The van der Waals surface area contributed by atoms with Crippen molar-refractivity contribution in [3.63, 3.8) is 0 Å². The average molecular weight is 593 g/mol. The number of rotatable bonds is 8. The second kappa shape index (κ2) is 10.9. The molecule has 7 heteroatoms. The largest absolute Gasteiger partial charge is 0.380 e. The number of fused-ring (bicyclic) bond motifs is 2. The van der Waals surface area contributed by atoms with Gasteiger partial charge in [0.15, 0.2) is 5.82 Å². The molecular formula is C33H30BrN5O. The molecule has 0 saturated heterocycles. The fourth-order valence-electron chi connectivity index (χ4n) is 5.45. The van der Waals surface area contributed by atoms with Crippen LogP contribution in [0, 0.1) is 0 Å². The Morgan fingerprint density at radius 2 is 1.65 bits per heavy atom. The number of hydrogen-bond donors (Lipinski definition) is 1. The molecule has 0 aliphatic rings. The molecule has 0 fully saturated rings. The first-order valence-electron chi connectivity index (χ1n) is 13.3. The summed E-state index contributed by atoms with van der Waals surface area (Å²) in [6.45, 7) is 0.690. The molecule has 0 saturated carbocycles. The van der Waals surface area contributed by atoms with Gasteiger partial charge in [-0.2, -0.15) is 5.10 Å². The quantitative estimate of drug-likeness (QED) is 0.218. The van der Waals surface area contributed by atoms with E-state index in [9.17, 15) is 5.11 Å². The molecule has 0 spiro atoms. The lowest BCUT2D eigenvalue weighted by Crippen LogP contribution is -2.32. The smallest absolute Gasteiger partial charge is 0.159 e. The zero-order chi connectivity index (χ0) is 27.7. The van der Waals surface area contributed by atoms with Gasteiger partial charge in [-0.1, -0.05) is 88.7 Å². The van der Waals surface area contributed by atoms with Crippen LogP contribution in [0.25, 0.3) is 27.5 Å². The highest BCUT2D eigenvalue weighted by Gasteiger charge is 2.36. The van der Waals surface area contributed by atoms with Crippen LogP contribution in [0.2, 0.25) is 0 Å². The van der Waals surface area contributed by atoms with E-state index in [1.54, 1.807) is 11.0 Å². The lowest BCUT2D eigenvalue weighted by molar-refractivity contribution is 0.0656. The van der Waals surface area contributed by atoms with Crippen molar-refractivity contribution in [3.8, 4) is 5.82 Å². The molecule has 6 rings (SSSR count). The number of nitrogens with zero attached hydrogens (tertiary/aromatic N) is 5. The van der Waals surface area contributed by atoms with Gasteiger partial charge >= 0.3 is 0 Å². The minimum absolute atomic E-state index is 0.492. The van der Waals surface area contributed by atoms with E-state index in [1.165, 1.54) is 11.9 Å². The highest BCUT2D eigenvalue weighted by atomic mass is 79.9. The maximum atomic E-state index is 12.8. The summed E-state index contributed by atoms with van der Waals surface area (Å²) in [4.78, 5) is 11.5. The molecule has 0 aliphatic heterocycles. The van der Waals surface area contributed by atoms with Crippen LogP contribution < -0.4 is 0 Å². The molecule has 4 aromatic carbocycles. The number of aliphatic hydroxyl groups is 1. The van der Waals surface area contributed by atoms with E-state index < -0.39 is 5.60 Å². The van der Waals surface area contributed by atoms with Crippen LogP contribution in [0.1, 0.15) is 28.7 Å². The van der Waals surface area contributed by atoms with E-state index in [0.717, 1.165) is 42.8 Å². The van der Waals surface area contributed by atoms with Gasteiger partial charge in [-0.05, 0) is 60.6 Å². The zero-order valence-corrected chi connectivity index (χ0v) is 24.1. The van der Waals surface area contributed by atoms with Crippen LogP contribution in [-0.2, 0) is 12.0 Å². The molecule has 1 atom stereocenters. The zero-order valence-electron chi connectivity index (χ0n) is 22.5. The third-order valence-corrected chi connectivity index (χ3v) is 7.87. The molecule has 6 nitrogen and oxygen atoms in total.